The molecule has 1 fully saturated rings. The van der Waals surface area contributed by atoms with E-state index in [-0.39, 0.29) is 5.92 Å². The first-order valence-corrected chi connectivity index (χ1v) is 12.5. The third kappa shape index (κ3) is 6.85. The van der Waals surface area contributed by atoms with Gasteiger partial charge in [-0.05, 0) is 44.2 Å². The van der Waals surface area contributed by atoms with Gasteiger partial charge in [-0.3, -0.25) is 4.79 Å². The normalized spacial score (nSPS) is 15.0. The highest BCUT2D eigenvalue weighted by Crippen LogP contribution is 2.23. The summed E-state index contributed by atoms with van der Waals surface area (Å²) in [5, 5.41) is 3.17. The number of benzene rings is 1. The second kappa shape index (κ2) is 12.8. The highest BCUT2D eigenvalue weighted by atomic mass is 16.1. The van der Waals surface area contributed by atoms with E-state index in [2.05, 4.69) is 41.1 Å². The largest absolute Gasteiger partial charge is 0.356 e. The summed E-state index contributed by atoms with van der Waals surface area (Å²) >= 11 is 0. The number of rotatable bonds is 13. The second-order valence-corrected chi connectivity index (χ2v) is 9.02. The molecule has 1 aromatic heterocycles. The van der Waals surface area contributed by atoms with E-state index >= 15 is 0 Å². The molecule has 1 aliphatic carbocycles. The minimum atomic E-state index is 0.274. The van der Waals surface area contributed by atoms with Crippen LogP contribution in [0.4, 0.5) is 0 Å². The lowest BCUT2D eigenvalue weighted by Crippen LogP contribution is -2.32. The second-order valence-electron chi connectivity index (χ2n) is 9.02. The number of carbonyl (C=O) groups is 1. The number of imidazole rings is 1. The Balaban J connectivity index is 1.41. The fraction of sp³-hybridized carbons (Fsp3) is 0.692. The van der Waals surface area contributed by atoms with Crippen LogP contribution < -0.4 is 5.32 Å². The van der Waals surface area contributed by atoms with Gasteiger partial charge in [-0.25, -0.2) is 4.98 Å². The Bertz CT molecular complexity index is 761. The third-order valence-electron chi connectivity index (χ3n) is 6.57. The van der Waals surface area contributed by atoms with E-state index in [0.717, 1.165) is 57.1 Å². The molecule has 0 bridgehead atoms. The molecule has 0 spiro atoms. The Morgan fingerprint density at radius 3 is 2.60 bits per heavy atom. The lowest BCUT2D eigenvalue weighted by Gasteiger charge is -2.20. The Morgan fingerprint density at radius 1 is 1.00 bits per heavy atom. The molecule has 1 N–H and O–H groups in total. The number of aromatic nitrogens is 2. The maximum atomic E-state index is 12.2. The Labute approximate surface area is 182 Å². The van der Waals surface area contributed by atoms with Crippen LogP contribution in [0.5, 0.6) is 0 Å². The molecule has 1 aliphatic rings. The van der Waals surface area contributed by atoms with Gasteiger partial charge in [0.25, 0.3) is 0 Å². The number of hydrogen-bond acceptors (Lipinski definition) is 2. The van der Waals surface area contributed by atoms with Crippen LogP contribution in [0.3, 0.4) is 0 Å². The number of nitrogens with zero attached hydrogens (tertiary/aromatic N) is 2. The molecule has 1 amide bonds. The van der Waals surface area contributed by atoms with Crippen LogP contribution in [0, 0.1) is 5.92 Å². The van der Waals surface area contributed by atoms with Crippen LogP contribution in [-0.2, 0) is 17.8 Å². The zero-order valence-electron chi connectivity index (χ0n) is 19.0. The number of amides is 1. The maximum absolute atomic E-state index is 12.2. The van der Waals surface area contributed by atoms with Crippen LogP contribution in [0.1, 0.15) is 96.2 Å². The number of aryl methyl sites for hydroxylation is 2. The van der Waals surface area contributed by atoms with E-state index in [4.69, 9.17) is 4.98 Å². The molecule has 0 aliphatic heterocycles. The first kappa shape index (κ1) is 22.8. The predicted molar refractivity (Wildman–Crippen MR) is 126 cm³/mol. The van der Waals surface area contributed by atoms with Crippen molar-refractivity contribution in [2.75, 3.05) is 6.54 Å². The van der Waals surface area contributed by atoms with Crippen LogP contribution >= 0.6 is 0 Å². The van der Waals surface area contributed by atoms with Crippen molar-refractivity contribution in [2.24, 2.45) is 5.92 Å². The lowest BCUT2D eigenvalue weighted by atomic mass is 9.89. The molecule has 2 aromatic rings. The predicted octanol–water partition coefficient (Wildman–Crippen LogP) is 6.42. The fourth-order valence-corrected chi connectivity index (χ4v) is 4.74. The summed E-state index contributed by atoms with van der Waals surface area (Å²) in [6.07, 6.45) is 16.8. The first-order valence-electron chi connectivity index (χ1n) is 12.5. The highest BCUT2D eigenvalue weighted by molar-refractivity contribution is 5.78. The monoisotopic (exact) mass is 411 g/mol. The average Bonchev–Trinajstić information content (AvgIpc) is 3.14. The summed E-state index contributed by atoms with van der Waals surface area (Å²) in [5.41, 5.74) is 2.41. The van der Waals surface area contributed by atoms with Crippen LogP contribution in [0.25, 0.3) is 11.0 Å². The molecule has 3 rings (SSSR count). The third-order valence-corrected chi connectivity index (χ3v) is 6.57. The maximum Gasteiger partial charge on any atom is 0.223 e. The van der Waals surface area contributed by atoms with E-state index in [0.29, 0.717) is 5.91 Å². The van der Waals surface area contributed by atoms with Crippen molar-refractivity contribution < 1.29 is 4.79 Å². The number of para-hydroxylation sites is 2. The standard InChI is InChI=1S/C26H41N3O/c1-2-3-4-5-14-21-29-24-18-12-11-17-23(24)28-25(29)19-10-7-13-20-27-26(30)22-15-8-6-9-16-22/h11-12,17-18,22H,2-10,13-16,19-21H2,1H3,(H,27,30). The summed E-state index contributed by atoms with van der Waals surface area (Å²) in [7, 11) is 0. The Kier molecular flexibility index (Phi) is 9.72. The van der Waals surface area contributed by atoms with E-state index in [1.165, 1.54) is 62.7 Å². The van der Waals surface area contributed by atoms with Gasteiger partial charge in [0.15, 0.2) is 0 Å². The zero-order chi connectivity index (χ0) is 21.0. The van der Waals surface area contributed by atoms with Gasteiger partial charge in [0.05, 0.1) is 11.0 Å². The van der Waals surface area contributed by atoms with Crippen LogP contribution in [-0.4, -0.2) is 22.0 Å². The van der Waals surface area contributed by atoms with Crippen molar-refractivity contribution in [3.05, 3.63) is 30.1 Å². The quantitative estimate of drug-likeness (QED) is 0.387. The topological polar surface area (TPSA) is 46.9 Å². The lowest BCUT2D eigenvalue weighted by molar-refractivity contribution is -0.125. The molecular weight excluding hydrogens is 370 g/mol. The van der Waals surface area contributed by atoms with Gasteiger partial charge in [-0.15, -0.1) is 0 Å². The molecule has 30 heavy (non-hydrogen) atoms. The number of carbonyl (C=O) groups excluding carboxylic acids is 1. The average molecular weight is 412 g/mol. The summed E-state index contributed by atoms with van der Waals surface area (Å²) in [6, 6.07) is 8.54. The molecule has 0 unspecified atom stereocenters. The SMILES string of the molecule is CCCCCCCn1c(CCCCCNC(=O)C2CCCCC2)nc2ccccc21. The van der Waals surface area contributed by atoms with Crippen molar-refractivity contribution in [2.45, 2.75) is 103 Å². The van der Waals surface area contributed by atoms with Crippen molar-refractivity contribution >= 4 is 16.9 Å². The van der Waals surface area contributed by atoms with E-state index < -0.39 is 0 Å². The van der Waals surface area contributed by atoms with Gasteiger partial charge in [0.1, 0.15) is 5.82 Å². The van der Waals surface area contributed by atoms with Gasteiger partial charge >= 0.3 is 0 Å². The minimum absolute atomic E-state index is 0.274. The molecule has 0 radical (unpaired) electrons. The number of nitrogens with one attached hydrogen (secondary N) is 1. The van der Waals surface area contributed by atoms with Gasteiger partial charge in [-0.1, -0.05) is 70.4 Å². The number of unbranched alkanes of at least 4 members (excludes halogenated alkanes) is 6. The van der Waals surface area contributed by atoms with E-state index in [9.17, 15) is 4.79 Å². The first-order chi connectivity index (χ1) is 14.8. The van der Waals surface area contributed by atoms with Gasteiger partial charge in [0.2, 0.25) is 5.91 Å². The summed E-state index contributed by atoms with van der Waals surface area (Å²) < 4.78 is 2.45. The summed E-state index contributed by atoms with van der Waals surface area (Å²) in [4.78, 5) is 17.2. The van der Waals surface area contributed by atoms with E-state index in [1.54, 1.807) is 0 Å². The van der Waals surface area contributed by atoms with Crippen molar-refractivity contribution in [1.29, 1.82) is 0 Å². The Morgan fingerprint density at radius 2 is 1.77 bits per heavy atom. The molecule has 1 saturated carbocycles. The number of fused-ring (bicyclic) bond motifs is 1. The smallest absolute Gasteiger partial charge is 0.223 e. The molecule has 166 valence electrons. The summed E-state index contributed by atoms with van der Waals surface area (Å²) in [5.74, 6) is 1.80. The molecule has 0 saturated heterocycles. The molecule has 4 nitrogen and oxygen atoms in total. The Hall–Kier alpha value is -1.84. The molecular formula is C26H41N3O. The summed E-state index contributed by atoms with van der Waals surface area (Å²) in [6.45, 7) is 4.17. The highest BCUT2D eigenvalue weighted by Gasteiger charge is 2.20. The fourth-order valence-electron chi connectivity index (χ4n) is 4.74. The minimum Gasteiger partial charge on any atom is -0.356 e. The zero-order valence-corrected chi connectivity index (χ0v) is 19.0. The molecule has 4 heteroatoms. The van der Waals surface area contributed by atoms with Crippen LogP contribution in [0.15, 0.2) is 24.3 Å². The molecule has 0 atom stereocenters. The van der Waals surface area contributed by atoms with Crippen LogP contribution in [0.2, 0.25) is 0 Å². The molecule has 1 aromatic carbocycles. The van der Waals surface area contributed by atoms with Crippen molar-refractivity contribution in [3.8, 4) is 0 Å². The number of hydrogen-bond donors (Lipinski definition) is 1. The van der Waals surface area contributed by atoms with Gasteiger partial charge in [-0.2, -0.15) is 0 Å². The van der Waals surface area contributed by atoms with Gasteiger partial charge in [0, 0.05) is 25.4 Å². The van der Waals surface area contributed by atoms with Gasteiger partial charge < -0.3 is 9.88 Å². The molecule has 1 heterocycles. The van der Waals surface area contributed by atoms with Crippen molar-refractivity contribution in [3.63, 3.8) is 0 Å². The van der Waals surface area contributed by atoms with Crippen molar-refractivity contribution in [1.82, 2.24) is 14.9 Å². The van der Waals surface area contributed by atoms with E-state index in [1.807, 2.05) is 0 Å².